The van der Waals surface area contributed by atoms with Crippen molar-refractivity contribution in [2.24, 2.45) is 0 Å². The number of carbonyl (C=O) groups is 2. The number of hydrogen-bond donors (Lipinski definition) is 7. The standard InChI is InChI=1S/C19H20N7O16P3S2/c1-21-6-4-47-12(17(28)36-2)8(6)23-14(27)18-39-10-7(3-37-44(32,33)42-45(34,35)41-43(29,30)31)38-16(11(10)40-18)26-5-22-9-13(26)24-19(20)25-15(9)46/h4-5,7,10-11,16,18H,3H2,2H3,(H,23,27)(H,32,33)(H,34,35)(H2,29,30,31)(H3,20,24,25,46)/t7?,10?,11?,16?,18-/m1/s1. The van der Waals surface area contributed by atoms with Crippen LogP contribution in [0.5, 0.6) is 0 Å². The molecule has 1 amide bonds. The number of phosphoric ester groups is 1. The lowest BCUT2D eigenvalue weighted by atomic mass is 10.1. The van der Waals surface area contributed by atoms with Gasteiger partial charge in [0, 0.05) is 0 Å². The number of H-pyrrole nitrogens is 1. The SMILES string of the molecule is [C-]#[N+]c1csc(C(=O)OC)c1NC(=O)[C@@H]1OC2C(COP(=O)(O)OP(=O)(O)OP(=O)(O)O)OC(n3cnc4c(=S)[nH]c(N)nc43)C2O1. The molecule has 0 saturated carbocycles. The zero-order valence-electron chi connectivity index (χ0n) is 23.0. The molecule has 0 spiro atoms. The molecule has 5 rings (SSSR count). The molecule has 2 saturated heterocycles. The Morgan fingerprint density at radius 1 is 1.19 bits per heavy atom. The minimum atomic E-state index is -5.83. The number of nitrogens with zero attached hydrogens (tertiary/aromatic N) is 4. The summed E-state index contributed by atoms with van der Waals surface area (Å²) in [7, 11) is -16.0. The first kappa shape index (κ1) is 35.3. The average Bonchev–Trinajstić information content (AvgIpc) is 3.72. The Bertz CT molecular complexity index is 1990. The van der Waals surface area contributed by atoms with E-state index in [0.29, 0.717) is 0 Å². The van der Waals surface area contributed by atoms with E-state index >= 15 is 0 Å². The van der Waals surface area contributed by atoms with Gasteiger partial charge in [0.1, 0.15) is 33.3 Å². The van der Waals surface area contributed by atoms with Crippen LogP contribution in [0.2, 0.25) is 0 Å². The fraction of sp³-hybridized carbons (Fsp3) is 0.368. The number of nitrogen functional groups attached to an aromatic ring is 1. The minimum Gasteiger partial charge on any atom is -0.465 e. The molecule has 3 aromatic rings. The molecule has 0 aliphatic carbocycles. The number of fused-ring (bicyclic) bond motifs is 2. The molecule has 8 N–H and O–H groups in total. The highest BCUT2D eigenvalue weighted by Gasteiger charge is 2.56. The number of esters is 1. The second-order valence-corrected chi connectivity index (χ2v) is 14.9. The van der Waals surface area contributed by atoms with Crippen molar-refractivity contribution in [3.8, 4) is 0 Å². The van der Waals surface area contributed by atoms with Gasteiger partial charge in [-0.05, 0) is 5.38 Å². The summed E-state index contributed by atoms with van der Waals surface area (Å²) in [6.45, 7) is 6.37. The molecule has 7 atom stereocenters. The van der Waals surface area contributed by atoms with Crippen LogP contribution in [0.1, 0.15) is 15.9 Å². The average molecular weight is 759 g/mol. The van der Waals surface area contributed by atoms with E-state index in [-0.39, 0.29) is 38.0 Å². The molecule has 254 valence electrons. The van der Waals surface area contributed by atoms with E-state index < -0.39 is 72.8 Å². The Morgan fingerprint density at radius 2 is 1.89 bits per heavy atom. The van der Waals surface area contributed by atoms with E-state index in [1.165, 1.54) is 16.3 Å². The Hall–Kier alpha value is -3.01. The van der Waals surface area contributed by atoms with Crippen molar-refractivity contribution in [2.45, 2.75) is 30.8 Å². The number of methoxy groups -OCH3 is 1. The maximum atomic E-state index is 13.3. The van der Waals surface area contributed by atoms with Crippen molar-refractivity contribution in [1.82, 2.24) is 19.5 Å². The molecule has 28 heteroatoms. The number of thiophene rings is 1. The maximum absolute atomic E-state index is 13.3. The molecule has 0 aromatic carbocycles. The summed E-state index contributed by atoms with van der Waals surface area (Å²) in [5.41, 5.74) is 5.81. The van der Waals surface area contributed by atoms with Crippen molar-refractivity contribution >= 4 is 87.4 Å². The van der Waals surface area contributed by atoms with Crippen molar-refractivity contribution in [1.29, 1.82) is 0 Å². The molecule has 2 aliphatic rings. The predicted octanol–water partition coefficient (Wildman–Crippen LogP) is 1.46. The van der Waals surface area contributed by atoms with Gasteiger partial charge in [0.25, 0.3) is 5.91 Å². The molecule has 23 nitrogen and oxygen atoms in total. The molecular weight excluding hydrogens is 739 g/mol. The largest absolute Gasteiger partial charge is 0.490 e. The van der Waals surface area contributed by atoms with E-state index in [9.17, 15) is 33.1 Å². The predicted molar refractivity (Wildman–Crippen MR) is 155 cm³/mol. The van der Waals surface area contributed by atoms with Crippen LogP contribution < -0.4 is 11.1 Å². The van der Waals surface area contributed by atoms with Crippen LogP contribution in [-0.2, 0) is 50.6 Å². The van der Waals surface area contributed by atoms with Crippen LogP contribution in [0.15, 0.2) is 11.7 Å². The number of imidazole rings is 1. The lowest BCUT2D eigenvalue weighted by Gasteiger charge is -2.22. The van der Waals surface area contributed by atoms with Crippen molar-refractivity contribution in [3.05, 3.63) is 32.6 Å². The minimum absolute atomic E-state index is 0.0814. The summed E-state index contributed by atoms with van der Waals surface area (Å²) in [5.74, 6) is -1.92. The summed E-state index contributed by atoms with van der Waals surface area (Å²) in [5, 5.41) is 3.71. The maximum Gasteiger partial charge on any atom is 0.490 e. The highest BCUT2D eigenvalue weighted by molar-refractivity contribution is 7.71. The quantitative estimate of drug-likeness (QED) is 0.0629. The molecule has 3 aromatic heterocycles. The first-order valence-corrected chi connectivity index (χ1v) is 18.1. The van der Waals surface area contributed by atoms with E-state index in [1.54, 1.807) is 0 Å². The lowest BCUT2D eigenvalue weighted by Crippen LogP contribution is -2.34. The third kappa shape index (κ3) is 7.68. The fourth-order valence-electron chi connectivity index (χ4n) is 4.39. The van der Waals surface area contributed by atoms with Gasteiger partial charge in [-0.25, -0.2) is 28.3 Å². The third-order valence-corrected chi connectivity index (χ3v) is 11.2. The number of carbonyl (C=O) groups excluding carboxylic acids is 2. The first-order chi connectivity index (χ1) is 21.9. The molecule has 5 heterocycles. The van der Waals surface area contributed by atoms with Crippen molar-refractivity contribution in [2.75, 3.05) is 24.8 Å². The number of amides is 1. The highest BCUT2D eigenvalue weighted by atomic mass is 32.1. The van der Waals surface area contributed by atoms with Gasteiger partial charge in [0.2, 0.25) is 17.9 Å². The van der Waals surface area contributed by atoms with Gasteiger partial charge in [-0.15, -0.1) is 11.3 Å². The molecule has 0 bridgehead atoms. The number of aromatic amines is 1. The van der Waals surface area contributed by atoms with Crippen LogP contribution in [-0.4, -0.2) is 89.3 Å². The van der Waals surface area contributed by atoms with Gasteiger partial charge in [-0.3, -0.25) is 13.9 Å². The molecule has 2 fully saturated rings. The van der Waals surface area contributed by atoms with Crippen LogP contribution in [0.3, 0.4) is 0 Å². The number of nitrogens with one attached hydrogen (secondary N) is 2. The third-order valence-electron chi connectivity index (χ3n) is 6.11. The number of hydrogen-bond acceptors (Lipinski definition) is 17. The Morgan fingerprint density at radius 3 is 2.55 bits per heavy atom. The van der Waals surface area contributed by atoms with Crippen molar-refractivity contribution < 1.29 is 75.0 Å². The lowest BCUT2D eigenvalue weighted by molar-refractivity contribution is -0.166. The summed E-state index contributed by atoms with van der Waals surface area (Å²) in [6, 6.07) is 0. The molecule has 6 unspecified atom stereocenters. The van der Waals surface area contributed by atoms with Gasteiger partial charge >= 0.3 is 29.4 Å². The smallest absolute Gasteiger partial charge is 0.465 e. The van der Waals surface area contributed by atoms with E-state index in [1.807, 2.05) is 0 Å². The van der Waals surface area contributed by atoms with Crippen LogP contribution >= 0.6 is 47.0 Å². The summed E-state index contributed by atoms with van der Waals surface area (Å²) < 4.78 is 70.8. The number of aromatic nitrogens is 4. The first-order valence-electron chi connectivity index (χ1n) is 12.3. The van der Waals surface area contributed by atoms with E-state index in [2.05, 4.69) is 33.7 Å². The van der Waals surface area contributed by atoms with Crippen LogP contribution in [0.4, 0.5) is 17.3 Å². The zero-order valence-corrected chi connectivity index (χ0v) is 27.3. The second kappa shape index (κ2) is 13.1. The van der Waals surface area contributed by atoms with Gasteiger partial charge in [0.15, 0.2) is 11.9 Å². The van der Waals surface area contributed by atoms with E-state index in [0.717, 1.165) is 18.4 Å². The number of phosphoric acid groups is 3. The number of rotatable bonds is 11. The number of anilines is 2. The molecule has 47 heavy (non-hydrogen) atoms. The normalized spacial score (nSPS) is 25.1. The van der Waals surface area contributed by atoms with Gasteiger partial charge in [-0.1, -0.05) is 12.2 Å². The summed E-state index contributed by atoms with van der Waals surface area (Å²) in [6.07, 6.45) is -5.75. The Labute approximate surface area is 269 Å². The summed E-state index contributed by atoms with van der Waals surface area (Å²) in [4.78, 5) is 76.4. The van der Waals surface area contributed by atoms with Gasteiger partial charge in [-0.2, -0.15) is 13.6 Å². The number of ether oxygens (including phenoxy) is 4. The monoisotopic (exact) mass is 759 g/mol. The van der Waals surface area contributed by atoms with E-state index in [4.69, 9.17) is 57.8 Å². The summed E-state index contributed by atoms with van der Waals surface area (Å²) >= 11 is 6.06. The molecular formula is C19H20N7O16P3S2. The highest BCUT2D eigenvalue weighted by Crippen LogP contribution is 2.66. The zero-order chi connectivity index (χ0) is 34.5. The Balaban J connectivity index is 1.41. The molecule has 0 radical (unpaired) electrons. The van der Waals surface area contributed by atoms with Gasteiger partial charge < -0.3 is 54.6 Å². The van der Waals surface area contributed by atoms with Crippen molar-refractivity contribution in [3.63, 3.8) is 0 Å². The van der Waals surface area contributed by atoms with Crippen LogP contribution in [0, 0.1) is 11.2 Å². The van der Waals surface area contributed by atoms with Gasteiger partial charge in [0.05, 0.1) is 32.3 Å². The fourth-order valence-corrected chi connectivity index (χ4v) is 8.53. The number of nitrogens with two attached hydrogens (primary N) is 1. The van der Waals surface area contributed by atoms with Crippen LogP contribution in [0.25, 0.3) is 16.0 Å². The molecule has 2 aliphatic heterocycles. The second-order valence-electron chi connectivity index (χ2n) is 9.18. The Kier molecular flexibility index (Phi) is 9.86. The topological polar surface area (TPSA) is 320 Å².